The minimum absolute atomic E-state index is 0.00567. The Balaban J connectivity index is 1.47. The van der Waals surface area contributed by atoms with Gasteiger partial charge in [-0.3, -0.25) is 4.79 Å². The van der Waals surface area contributed by atoms with E-state index in [1.54, 1.807) is 37.3 Å². The van der Waals surface area contributed by atoms with Crippen molar-refractivity contribution in [1.82, 2.24) is 5.32 Å². The number of carbonyl (C=O) groups excluding carboxylic acids is 3. The largest absolute Gasteiger partial charge is 0.456 e. The van der Waals surface area contributed by atoms with Gasteiger partial charge in [0, 0.05) is 17.8 Å². The van der Waals surface area contributed by atoms with Crippen molar-refractivity contribution in [2.45, 2.75) is 101 Å². The van der Waals surface area contributed by atoms with Gasteiger partial charge in [0.1, 0.15) is 24.4 Å². The molecule has 2 fully saturated rings. The fraction of sp³-hybridized carbons (Fsp3) is 0.571. The van der Waals surface area contributed by atoms with Crippen LogP contribution in [0.25, 0.3) is 0 Å². The summed E-state index contributed by atoms with van der Waals surface area (Å²) in [7, 11) is 0. The second kappa shape index (κ2) is 12.5. The van der Waals surface area contributed by atoms with Crippen molar-refractivity contribution in [3.8, 4) is 0 Å². The van der Waals surface area contributed by atoms with Crippen molar-refractivity contribution in [2.24, 2.45) is 17.3 Å². The summed E-state index contributed by atoms with van der Waals surface area (Å²) in [6.07, 6.45) is -3.47. The van der Waals surface area contributed by atoms with Crippen LogP contribution in [0, 0.1) is 17.3 Å². The maximum absolute atomic E-state index is 15.2. The van der Waals surface area contributed by atoms with Crippen LogP contribution in [0.4, 0.5) is 26.7 Å². The minimum atomic E-state index is -5.92. The maximum Gasteiger partial charge on any atom is 0.456 e. The lowest BCUT2D eigenvalue weighted by Crippen LogP contribution is -2.65. The second-order valence-electron chi connectivity index (χ2n) is 13.5. The molecule has 1 amide bonds. The predicted molar refractivity (Wildman–Crippen MR) is 161 cm³/mol. The lowest BCUT2D eigenvalue weighted by molar-refractivity contribution is -0.362. The Morgan fingerprint density at radius 2 is 1.79 bits per heavy atom. The van der Waals surface area contributed by atoms with Crippen LogP contribution in [0.5, 0.6) is 0 Å². The molecule has 5 rings (SSSR count). The number of hydrogen-bond donors (Lipinski definition) is 2. The van der Waals surface area contributed by atoms with Crippen LogP contribution in [0.1, 0.15) is 88.9 Å². The molecule has 0 bridgehead atoms. The highest BCUT2D eigenvalue weighted by Gasteiger charge is 2.79. The highest BCUT2D eigenvalue weighted by molar-refractivity contribution is 5.93. The standard InChI is InChI=1S/C35H40F5NO6/c1-5-16-46-31(44)41-19(2)30(43)47-20(3)21-6-8-22(9-7-21)27-18-32(4)28(14-15-33(32,45)34(36,37)35(38,39)40)26-12-10-23-17-24(42)11-13-25(23)29(26)27/h5-9,17,19-20,26-28,45H,1,10-16,18H2,2-4H3,(H,41,44)/t19-,20-,26?,27+,28?,32-,33-/m0/s1. The third-order valence-corrected chi connectivity index (χ3v) is 10.9. The van der Waals surface area contributed by atoms with Crippen molar-refractivity contribution in [3.05, 3.63) is 70.8 Å². The number of alkyl halides is 5. The van der Waals surface area contributed by atoms with E-state index in [9.17, 15) is 32.7 Å². The van der Waals surface area contributed by atoms with Crippen LogP contribution in [-0.4, -0.2) is 53.3 Å². The molecule has 1 aromatic carbocycles. The minimum Gasteiger partial charge on any atom is -0.456 e. The van der Waals surface area contributed by atoms with Gasteiger partial charge in [-0.25, -0.2) is 9.59 Å². The van der Waals surface area contributed by atoms with Gasteiger partial charge in [0.15, 0.2) is 5.78 Å². The molecule has 2 N–H and O–H groups in total. The van der Waals surface area contributed by atoms with Gasteiger partial charge in [0.2, 0.25) is 0 Å². The lowest BCUT2D eigenvalue weighted by Gasteiger charge is -2.56. The van der Waals surface area contributed by atoms with E-state index < -0.39 is 65.6 Å². The van der Waals surface area contributed by atoms with E-state index >= 15 is 8.78 Å². The number of esters is 1. The number of ether oxygens (including phenoxy) is 2. The molecule has 0 spiro atoms. The quantitative estimate of drug-likeness (QED) is 0.170. The van der Waals surface area contributed by atoms with E-state index in [1.807, 2.05) is 0 Å². The zero-order chi connectivity index (χ0) is 34.5. The third kappa shape index (κ3) is 5.91. The van der Waals surface area contributed by atoms with Crippen LogP contribution in [0.3, 0.4) is 0 Å². The van der Waals surface area contributed by atoms with Crippen LogP contribution >= 0.6 is 0 Å². The molecule has 47 heavy (non-hydrogen) atoms. The Kier molecular flexibility index (Phi) is 9.24. The van der Waals surface area contributed by atoms with Gasteiger partial charge in [0.05, 0.1) is 0 Å². The number of rotatable bonds is 8. The van der Waals surface area contributed by atoms with Gasteiger partial charge in [-0.1, -0.05) is 49.4 Å². The predicted octanol–water partition coefficient (Wildman–Crippen LogP) is 7.42. The first kappa shape index (κ1) is 34.8. The summed E-state index contributed by atoms with van der Waals surface area (Å²) in [6, 6.07) is 5.89. The number of aliphatic hydroxyl groups is 1. The number of hydrogen-bond acceptors (Lipinski definition) is 6. The van der Waals surface area contributed by atoms with Gasteiger partial charge < -0.3 is 19.9 Å². The number of alkyl carbamates (subject to hydrolysis) is 1. The van der Waals surface area contributed by atoms with E-state index in [2.05, 4.69) is 11.9 Å². The summed E-state index contributed by atoms with van der Waals surface area (Å²) in [5.74, 6) is -7.53. The average Bonchev–Trinajstić information content (AvgIpc) is 3.30. The van der Waals surface area contributed by atoms with Gasteiger partial charge in [-0.05, 0) is 92.6 Å². The van der Waals surface area contributed by atoms with E-state index in [4.69, 9.17) is 9.47 Å². The number of benzene rings is 1. The van der Waals surface area contributed by atoms with Crippen LogP contribution < -0.4 is 5.32 Å². The zero-order valence-electron chi connectivity index (χ0n) is 26.6. The highest BCUT2D eigenvalue weighted by atomic mass is 19.4. The monoisotopic (exact) mass is 665 g/mol. The Hall–Kier alpha value is -3.54. The van der Waals surface area contributed by atoms with Crippen LogP contribution in [-0.2, 0) is 19.1 Å². The van der Waals surface area contributed by atoms with Crippen molar-refractivity contribution < 1.29 is 50.9 Å². The van der Waals surface area contributed by atoms with Gasteiger partial charge >= 0.3 is 24.2 Å². The Labute approximate surface area is 270 Å². The summed E-state index contributed by atoms with van der Waals surface area (Å²) in [4.78, 5) is 36.7. The fourth-order valence-corrected chi connectivity index (χ4v) is 8.47. The summed E-state index contributed by atoms with van der Waals surface area (Å²) in [6.45, 7) is 7.87. The van der Waals surface area contributed by atoms with Crippen molar-refractivity contribution in [1.29, 1.82) is 0 Å². The molecule has 4 aliphatic carbocycles. The molecule has 1 aromatic rings. The van der Waals surface area contributed by atoms with E-state index in [1.165, 1.54) is 19.9 Å². The first-order valence-electron chi connectivity index (χ1n) is 15.9. The van der Waals surface area contributed by atoms with Gasteiger partial charge in [0.25, 0.3) is 0 Å². The molecule has 7 nitrogen and oxygen atoms in total. The Morgan fingerprint density at radius 3 is 2.43 bits per heavy atom. The molecule has 0 aliphatic heterocycles. The number of nitrogens with one attached hydrogen (secondary N) is 1. The molecule has 7 atom stereocenters. The fourth-order valence-electron chi connectivity index (χ4n) is 8.47. The first-order valence-corrected chi connectivity index (χ1v) is 15.9. The highest BCUT2D eigenvalue weighted by Crippen LogP contribution is 2.70. The van der Waals surface area contributed by atoms with E-state index in [0.717, 1.165) is 16.7 Å². The van der Waals surface area contributed by atoms with Gasteiger partial charge in [-0.2, -0.15) is 22.0 Å². The number of carbonyl (C=O) groups is 3. The number of fused-ring (bicyclic) bond motifs is 4. The second-order valence-corrected chi connectivity index (χ2v) is 13.5. The number of amides is 1. The molecule has 0 aromatic heterocycles. The van der Waals surface area contributed by atoms with Crippen molar-refractivity contribution in [3.63, 3.8) is 0 Å². The third-order valence-electron chi connectivity index (χ3n) is 10.9. The van der Waals surface area contributed by atoms with Crippen molar-refractivity contribution in [2.75, 3.05) is 6.61 Å². The Morgan fingerprint density at radius 1 is 1.11 bits per heavy atom. The van der Waals surface area contributed by atoms with E-state index in [-0.39, 0.29) is 31.1 Å². The SMILES string of the molecule is C=CCOC(=O)N[C@@H](C)C(=O)O[C@@H](C)c1ccc([C@H]2C[C@@]3(C)C(CC[C@@]3(O)C(F)(F)C(F)(F)F)C3CCC4=CC(=O)CCC4=C32)cc1. The molecule has 0 radical (unpaired) electrons. The Bertz CT molecular complexity index is 1500. The van der Waals surface area contributed by atoms with Gasteiger partial charge in [-0.15, -0.1) is 0 Å². The van der Waals surface area contributed by atoms with Crippen LogP contribution in [0.15, 0.2) is 59.7 Å². The maximum atomic E-state index is 15.2. The topological polar surface area (TPSA) is 102 Å². The number of halogens is 5. The summed E-state index contributed by atoms with van der Waals surface area (Å²) >= 11 is 0. The number of ketones is 1. The first-order chi connectivity index (χ1) is 21.9. The normalized spacial score (nSPS) is 30.3. The summed E-state index contributed by atoms with van der Waals surface area (Å²) in [5, 5.41) is 13.8. The smallest absolute Gasteiger partial charge is 0.456 e. The molecule has 0 saturated heterocycles. The molecule has 0 heterocycles. The molecule has 4 aliphatic rings. The molecular formula is C35H40F5NO6. The average molecular weight is 666 g/mol. The molecule has 2 saturated carbocycles. The summed E-state index contributed by atoms with van der Waals surface area (Å²) < 4.78 is 82.2. The lowest BCUT2D eigenvalue weighted by atomic mass is 9.50. The zero-order valence-corrected chi connectivity index (χ0v) is 26.6. The van der Waals surface area contributed by atoms with E-state index in [0.29, 0.717) is 36.8 Å². The number of allylic oxidation sites excluding steroid dienone is 4. The molecule has 12 heteroatoms. The molecular weight excluding hydrogens is 625 g/mol. The summed E-state index contributed by atoms with van der Waals surface area (Å²) in [5.41, 5.74) is -0.953. The molecule has 2 unspecified atom stereocenters. The van der Waals surface area contributed by atoms with Crippen molar-refractivity contribution >= 4 is 17.8 Å². The van der Waals surface area contributed by atoms with Crippen LogP contribution in [0.2, 0.25) is 0 Å². The molecule has 256 valence electrons.